The molecule has 0 amide bonds. The van der Waals surface area contributed by atoms with Crippen LogP contribution in [0.1, 0.15) is 32.7 Å². The van der Waals surface area contributed by atoms with E-state index in [0.29, 0.717) is 0 Å². The average molecular weight is 275 g/mol. The number of aryl methyl sites for hydroxylation is 2. The molecule has 1 aromatic carbocycles. The Balaban J connectivity index is 2.09. The highest BCUT2D eigenvalue weighted by molar-refractivity contribution is 7.11. The molecule has 0 saturated heterocycles. The van der Waals surface area contributed by atoms with Gasteiger partial charge in [-0.05, 0) is 19.4 Å². The fourth-order valence-electron chi connectivity index (χ4n) is 2.59. The van der Waals surface area contributed by atoms with Crippen LogP contribution in [0, 0.1) is 13.8 Å². The molecule has 1 aliphatic heterocycles. The van der Waals surface area contributed by atoms with Gasteiger partial charge in [-0.3, -0.25) is 5.84 Å². The van der Waals surface area contributed by atoms with E-state index in [1.807, 2.05) is 13.8 Å². The summed E-state index contributed by atoms with van der Waals surface area (Å²) in [6, 6.07) is 6.20. The molecule has 4 nitrogen and oxygen atoms in total. The van der Waals surface area contributed by atoms with Crippen molar-refractivity contribution in [3.05, 3.63) is 44.9 Å². The van der Waals surface area contributed by atoms with E-state index in [9.17, 15) is 0 Å². The molecule has 0 aliphatic carbocycles. The Morgan fingerprint density at radius 2 is 2.26 bits per heavy atom. The van der Waals surface area contributed by atoms with Gasteiger partial charge in [-0.15, -0.1) is 11.3 Å². The number of aromatic nitrogens is 1. The highest BCUT2D eigenvalue weighted by atomic mass is 32.1. The average Bonchev–Trinajstić information content (AvgIpc) is 2.98. The molecule has 5 heteroatoms. The number of hydrogen-bond donors (Lipinski definition) is 2. The van der Waals surface area contributed by atoms with Crippen molar-refractivity contribution in [2.45, 2.75) is 26.3 Å². The number of hydrogen-bond acceptors (Lipinski definition) is 5. The third-order valence-corrected chi connectivity index (χ3v) is 4.56. The summed E-state index contributed by atoms with van der Waals surface area (Å²) in [5.74, 6) is 6.76. The number of fused-ring (bicyclic) bond motifs is 1. The van der Waals surface area contributed by atoms with E-state index in [2.05, 4.69) is 28.6 Å². The van der Waals surface area contributed by atoms with Crippen LogP contribution < -0.4 is 16.0 Å². The van der Waals surface area contributed by atoms with Crippen LogP contribution in [-0.4, -0.2) is 11.6 Å². The summed E-state index contributed by atoms with van der Waals surface area (Å²) < 4.78 is 5.77. The van der Waals surface area contributed by atoms with Crippen molar-refractivity contribution < 1.29 is 4.74 Å². The SMILES string of the molecule is Cc1nc(C)c(C(NN)c2cccc3c2OCC3)s1. The predicted molar refractivity (Wildman–Crippen MR) is 76.4 cm³/mol. The molecular weight excluding hydrogens is 258 g/mol. The molecule has 1 aromatic heterocycles. The van der Waals surface area contributed by atoms with Crippen LogP contribution in [0.15, 0.2) is 18.2 Å². The van der Waals surface area contributed by atoms with Crippen LogP contribution in [0.5, 0.6) is 5.75 Å². The summed E-state index contributed by atoms with van der Waals surface area (Å²) in [5.41, 5.74) is 6.30. The van der Waals surface area contributed by atoms with Gasteiger partial charge in [0.05, 0.1) is 28.2 Å². The first kappa shape index (κ1) is 12.6. The number of ether oxygens (including phenoxy) is 1. The fraction of sp³-hybridized carbons (Fsp3) is 0.357. The Bertz CT molecular complexity index is 609. The molecule has 2 heterocycles. The van der Waals surface area contributed by atoms with Gasteiger partial charge in [0.25, 0.3) is 0 Å². The summed E-state index contributed by atoms with van der Waals surface area (Å²) in [4.78, 5) is 5.64. The molecule has 0 saturated carbocycles. The van der Waals surface area contributed by atoms with Crippen LogP contribution in [0.25, 0.3) is 0 Å². The third-order valence-electron chi connectivity index (χ3n) is 3.42. The molecule has 1 aliphatic rings. The maximum atomic E-state index is 5.78. The molecular formula is C14H17N3OS. The Morgan fingerprint density at radius 1 is 1.42 bits per heavy atom. The van der Waals surface area contributed by atoms with Gasteiger partial charge in [-0.25, -0.2) is 10.4 Å². The predicted octanol–water partition coefficient (Wildman–Crippen LogP) is 2.25. The van der Waals surface area contributed by atoms with Crippen molar-refractivity contribution in [1.29, 1.82) is 0 Å². The van der Waals surface area contributed by atoms with Gasteiger partial charge in [0.1, 0.15) is 5.75 Å². The van der Waals surface area contributed by atoms with E-state index in [1.54, 1.807) is 11.3 Å². The Hall–Kier alpha value is -1.43. The topological polar surface area (TPSA) is 60.2 Å². The summed E-state index contributed by atoms with van der Waals surface area (Å²) in [6.07, 6.45) is 0.973. The number of para-hydroxylation sites is 1. The smallest absolute Gasteiger partial charge is 0.127 e. The molecule has 0 bridgehead atoms. The highest BCUT2D eigenvalue weighted by Crippen LogP contribution is 2.38. The maximum absolute atomic E-state index is 5.78. The van der Waals surface area contributed by atoms with E-state index in [4.69, 9.17) is 10.6 Å². The molecule has 1 unspecified atom stereocenters. The monoisotopic (exact) mass is 275 g/mol. The van der Waals surface area contributed by atoms with Crippen LogP contribution in [0.2, 0.25) is 0 Å². The molecule has 2 aromatic rings. The first-order valence-electron chi connectivity index (χ1n) is 6.35. The van der Waals surface area contributed by atoms with Gasteiger partial charge in [-0.2, -0.15) is 0 Å². The van der Waals surface area contributed by atoms with Crippen LogP contribution in [0.3, 0.4) is 0 Å². The molecule has 1 atom stereocenters. The quantitative estimate of drug-likeness (QED) is 0.666. The first-order chi connectivity index (χ1) is 9.20. The van der Waals surface area contributed by atoms with Gasteiger partial charge in [0.15, 0.2) is 0 Å². The molecule has 100 valence electrons. The van der Waals surface area contributed by atoms with Crippen LogP contribution >= 0.6 is 11.3 Å². The Morgan fingerprint density at radius 3 is 2.95 bits per heavy atom. The number of nitrogens with one attached hydrogen (secondary N) is 1. The summed E-state index contributed by atoms with van der Waals surface area (Å²) in [7, 11) is 0. The van der Waals surface area contributed by atoms with E-state index in [-0.39, 0.29) is 6.04 Å². The second-order valence-electron chi connectivity index (χ2n) is 4.72. The van der Waals surface area contributed by atoms with E-state index >= 15 is 0 Å². The zero-order valence-corrected chi connectivity index (χ0v) is 11.9. The van der Waals surface area contributed by atoms with E-state index in [0.717, 1.165) is 39.9 Å². The van der Waals surface area contributed by atoms with Gasteiger partial charge in [-0.1, -0.05) is 18.2 Å². The lowest BCUT2D eigenvalue weighted by Gasteiger charge is -2.18. The second-order valence-corrected chi connectivity index (χ2v) is 5.95. The molecule has 0 fully saturated rings. The lowest BCUT2D eigenvalue weighted by Crippen LogP contribution is -2.29. The summed E-state index contributed by atoms with van der Waals surface area (Å²) in [5, 5.41) is 1.06. The fourth-order valence-corrected chi connectivity index (χ4v) is 3.60. The molecule has 19 heavy (non-hydrogen) atoms. The normalized spacial score (nSPS) is 15.1. The minimum atomic E-state index is -0.0563. The number of nitrogens with two attached hydrogens (primary N) is 1. The number of benzene rings is 1. The van der Waals surface area contributed by atoms with Gasteiger partial charge < -0.3 is 4.74 Å². The Kier molecular flexibility index (Phi) is 3.26. The number of rotatable bonds is 3. The van der Waals surface area contributed by atoms with Crippen molar-refractivity contribution in [3.63, 3.8) is 0 Å². The van der Waals surface area contributed by atoms with Gasteiger partial charge in [0, 0.05) is 12.0 Å². The third kappa shape index (κ3) is 2.14. The zero-order valence-electron chi connectivity index (χ0n) is 11.1. The summed E-state index contributed by atoms with van der Waals surface area (Å²) in [6.45, 7) is 4.79. The number of thiazole rings is 1. The van der Waals surface area contributed by atoms with Gasteiger partial charge >= 0.3 is 0 Å². The molecule has 0 spiro atoms. The zero-order chi connectivity index (χ0) is 13.4. The van der Waals surface area contributed by atoms with Crippen LogP contribution in [0.4, 0.5) is 0 Å². The summed E-state index contributed by atoms with van der Waals surface area (Å²) >= 11 is 1.68. The lowest BCUT2D eigenvalue weighted by atomic mass is 10.0. The molecule has 3 N–H and O–H groups in total. The minimum Gasteiger partial charge on any atom is -0.493 e. The number of hydrazine groups is 1. The highest BCUT2D eigenvalue weighted by Gasteiger charge is 2.25. The van der Waals surface area contributed by atoms with Crippen molar-refractivity contribution in [2.75, 3.05) is 6.61 Å². The standard InChI is InChI=1S/C14H17N3OS/c1-8-14(19-9(2)16-8)12(17-15)11-5-3-4-10-6-7-18-13(10)11/h3-5,12,17H,6-7,15H2,1-2H3. The largest absolute Gasteiger partial charge is 0.493 e. The second kappa shape index (κ2) is 4.92. The number of nitrogens with zero attached hydrogens (tertiary/aromatic N) is 1. The first-order valence-corrected chi connectivity index (χ1v) is 7.17. The van der Waals surface area contributed by atoms with Crippen LogP contribution in [-0.2, 0) is 6.42 Å². The molecule has 3 rings (SSSR count). The molecule has 0 radical (unpaired) electrons. The minimum absolute atomic E-state index is 0.0563. The van der Waals surface area contributed by atoms with Gasteiger partial charge in [0.2, 0.25) is 0 Å². The van der Waals surface area contributed by atoms with E-state index in [1.165, 1.54) is 5.56 Å². The maximum Gasteiger partial charge on any atom is 0.127 e. The van der Waals surface area contributed by atoms with E-state index < -0.39 is 0 Å². The van der Waals surface area contributed by atoms with Crippen molar-refractivity contribution >= 4 is 11.3 Å². The van der Waals surface area contributed by atoms with Crippen molar-refractivity contribution in [2.24, 2.45) is 5.84 Å². The van der Waals surface area contributed by atoms with Crippen molar-refractivity contribution in [3.8, 4) is 5.75 Å². The Labute approximate surface area is 116 Å². The van der Waals surface area contributed by atoms with Crippen molar-refractivity contribution in [1.82, 2.24) is 10.4 Å². The lowest BCUT2D eigenvalue weighted by molar-refractivity contribution is 0.350.